The average molecular weight is 305 g/mol. The standard InChI is InChI=1S/C19H19N3O/c1-21(2)19(23)22-11-10-18-17(14-22)12-16(13-20-18)9-8-15-6-4-3-5-7-15/h3-7,12-13H,10-11,14H2,1-2H3. The molecule has 4 nitrogen and oxygen atoms in total. The molecule has 0 saturated carbocycles. The summed E-state index contributed by atoms with van der Waals surface area (Å²) in [6.07, 6.45) is 2.61. The Hall–Kier alpha value is -2.80. The van der Waals surface area contributed by atoms with Crippen LogP contribution in [-0.2, 0) is 13.0 Å². The van der Waals surface area contributed by atoms with E-state index in [4.69, 9.17) is 0 Å². The summed E-state index contributed by atoms with van der Waals surface area (Å²) >= 11 is 0. The SMILES string of the molecule is CN(C)C(=O)N1CCc2ncc(C#Cc3ccccc3)cc2C1. The van der Waals surface area contributed by atoms with E-state index in [1.807, 2.05) is 47.5 Å². The fourth-order valence-electron chi connectivity index (χ4n) is 2.61. The maximum Gasteiger partial charge on any atom is 0.319 e. The van der Waals surface area contributed by atoms with Crippen LogP contribution in [0.5, 0.6) is 0 Å². The van der Waals surface area contributed by atoms with Crippen molar-refractivity contribution in [3.63, 3.8) is 0 Å². The first-order valence-electron chi connectivity index (χ1n) is 7.64. The van der Waals surface area contributed by atoms with Crippen LogP contribution in [0.2, 0.25) is 0 Å². The van der Waals surface area contributed by atoms with Gasteiger partial charge in [0.2, 0.25) is 0 Å². The van der Waals surface area contributed by atoms with Gasteiger partial charge in [-0.15, -0.1) is 0 Å². The lowest BCUT2D eigenvalue weighted by Crippen LogP contribution is -2.42. The molecule has 0 unspecified atom stereocenters. The molecule has 2 amide bonds. The molecule has 3 rings (SSSR count). The lowest BCUT2D eigenvalue weighted by atomic mass is 10.0. The Morgan fingerprint density at radius 1 is 1.17 bits per heavy atom. The molecule has 2 heterocycles. The van der Waals surface area contributed by atoms with Gasteiger partial charge in [-0.25, -0.2) is 4.79 Å². The highest BCUT2D eigenvalue weighted by Gasteiger charge is 2.22. The van der Waals surface area contributed by atoms with Gasteiger partial charge in [-0.1, -0.05) is 30.0 Å². The Bertz CT molecular complexity index is 772. The number of carbonyl (C=O) groups excluding carboxylic acids is 1. The zero-order chi connectivity index (χ0) is 16.2. The molecule has 0 bridgehead atoms. The van der Waals surface area contributed by atoms with Gasteiger partial charge in [0.15, 0.2) is 0 Å². The average Bonchev–Trinajstić information content (AvgIpc) is 2.59. The number of urea groups is 1. The molecule has 4 heteroatoms. The molecular weight excluding hydrogens is 286 g/mol. The molecule has 1 aromatic carbocycles. The first kappa shape index (κ1) is 15.1. The molecular formula is C19H19N3O. The highest BCUT2D eigenvalue weighted by molar-refractivity contribution is 5.74. The number of amides is 2. The number of nitrogens with zero attached hydrogens (tertiary/aromatic N) is 3. The number of fused-ring (bicyclic) bond motifs is 1. The minimum atomic E-state index is 0.0384. The van der Waals surface area contributed by atoms with Crippen molar-refractivity contribution in [1.82, 2.24) is 14.8 Å². The van der Waals surface area contributed by atoms with E-state index < -0.39 is 0 Å². The highest BCUT2D eigenvalue weighted by Crippen LogP contribution is 2.18. The monoisotopic (exact) mass is 305 g/mol. The minimum absolute atomic E-state index is 0.0384. The van der Waals surface area contributed by atoms with Gasteiger partial charge in [-0.05, 0) is 23.8 Å². The van der Waals surface area contributed by atoms with Crippen LogP contribution in [0.1, 0.15) is 22.4 Å². The summed E-state index contributed by atoms with van der Waals surface area (Å²) < 4.78 is 0. The van der Waals surface area contributed by atoms with Gasteiger partial charge in [-0.2, -0.15) is 0 Å². The third-order valence-electron chi connectivity index (χ3n) is 3.82. The zero-order valence-electron chi connectivity index (χ0n) is 13.4. The quantitative estimate of drug-likeness (QED) is 0.701. The van der Waals surface area contributed by atoms with Crippen LogP contribution in [0.15, 0.2) is 42.6 Å². The van der Waals surface area contributed by atoms with Gasteiger partial charge in [-0.3, -0.25) is 4.98 Å². The number of carbonyl (C=O) groups is 1. The maximum absolute atomic E-state index is 12.1. The molecule has 116 valence electrons. The Kier molecular flexibility index (Phi) is 4.29. The maximum atomic E-state index is 12.1. The van der Waals surface area contributed by atoms with Crippen molar-refractivity contribution in [1.29, 1.82) is 0 Å². The lowest BCUT2D eigenvalue weighted by Gasteiger charge is -2.30. The molecule has 23 heavy (non-hydrogen) atoms. The molecule has 0 fully saturated rings. The van der Waals surface area contributed by atoms with Crippen molar-refractivity contribution < 1.29 is 4.79 Å². The molecule has 0 aliphatic carbocycles. The number of hydrogen-bond donors (Lipinski definition) is 0. The fourth-order valence-corrected chi connectivity index (χ4v) is 2.61. The molecule has 0 saturated heterocycles. The summed E-state index contributed by atoms with van der Waals surface area (Å²) in [5.74, 6) is 6.29. The van der Waals surface area contributed by atoms with Crippen LogP contribution in [0.3, 0.4) is 0 Å². The largest absolute Gasteiger partial charge is 0.331 e. The zero-order valence-corrected chi connectivity index (χ0v) is 13.4. The van der Waals surface area contributed by atoms with Crippen LogP contribution < -0.4 is 0 Å². The van der Waals surface area contributed by atoms with Crippen molar-refractivity contribution in [2.75, 3.05) is 20.6 Å². The number of benzene rings is 1. The predicted molar refractivity (Wildman–Crippen MR) is 89.9 cm³/mol. The third kappa shape index (κ3) is 3.51. The molecule has 1 aliphatic rings. The number of hydrogen-bond acceptors (Lipinski definition) is 2. The summed E-state index contributed by atoms with van der Waals surface area (Å²) in [7, 11) is 3.55. The van der Waals surface area contributed by atoms with Crippen LogP contribution in [0, 0.1) is 11.8 Å². The molecule has 2 aromatic rings. The van der Waals surface area contributed by atoms with Crippen molar-refractivity contribution >= 4 is 6.03 Å². The van der Waals surface area contributed by atoms with E-state index >= 15 is 0 Å². The summed E-state index contributed by atoms with van der Waals surface area (Å²) in [6.45, 7) is 1.31. The summed E-state index contributed by atoms with van der Waals surface area (Å²) in [5.41, 5.74) is 4.02. The summed E-state index contributed by atoms with van der Waals surface area (Å²) in [6, 6.07) is 12.0. The second-order valence-corrected chi connectivity index (χ2v) is 5.79. The Labute approximate surface area is 136 Å². The normalized spacial score (nSPS) is 12.9. The van der Waals surface area contributed by atoms with E-state index in [2.05, 4.69) is 16.8 Å². The molecule has 0 atom stereocenters. The van der Waals surface area contributed by atoms with Gasteiger partial charge in [0.25, 0.3) is 0 Å². The van der Waals surface area contributed by atoms with Crippen LogP contribution >= 0.6 is 0 Å². The van der Waals surface area contributed by atoms with Crippen LogP contribution in [0.25, 0.3) is 0 Å². The summed E-state index contributed by atoms with van der Waals surface area (Å²) in [4.78, 5) is 20.1. The Morgan fingerprint density at radius 2 is 1.91 bits per heavy atom. The molecule has 1 aromatic heterocycles. The van der Waals surface area contributed by atoms with Crippen LogP contribution in [0.4, 0.5) is 4.79 Å². The lowest BCUT2D eigenvalue weighted by molar-refractivity contribution is 0.165. The number of pyridine rings is 1. The predicted octanol–water partition coefficient (Wildman–Crippen LogP) is 2.52. The second kappa shape index (κ2) is 6.53. The molecule has 0 N–H and O–H groups in total. The summed E-state index contributed by atoms with van der Waals surface area (Å²) in [5, 5.41) is 0. The highest BCUT2D eigenvalue weighted by atomic mass is 16.2. The number of aromatic nitrogens is 1. The first-order valence-corrected chi connectivity index (χ1v) is 7.64. The van der Waals surface area contributed by atoms with Crippen molar-refractivity contribution in [2.24, 2.45) is 0 Å². The minimum Gasteiger partial charge on any atom is -0.331 e. The fraction of sp³-hybridized carbons (Fsp3) is 0.263. The van der Waals surface area contributed by atoms with Crippen molar-refractivity contribution in [2.45, 2.75) is 13.0 Å². The van der Waals surface area contributed by atoms with Gasteiger partial charge in [0.05, 0.1) is 0 Å². The number of rotatable bonds is 0. The van der Waals surface area contributed by atoms with E-state index in [-0.39, 0.29) is 6.03 Å². The van der Waals surface area contributed by atoms with E-state index in [9.17, 15) is 4.79 Å². The smallest absolute Gasteiger partial charge is 0.319 e. The molecule has 0 spiro atoms. The van der Waals surface area contributed by atoms with Gasteiger partial charge >= 0.3 is 6.03 Å². The second-order valence-electron chi connectivity index (χ2n) is 5.79. The van der Waals surface area contributed by atoms with Crippen molar-refractivity contribution in [3.8, 4) is 11.8 Å². The molecule has 0 radical (unpaired) electrons. The van der Waals surface area contributed by atoms with E-state index in [1.165, 1.54) is 0 Å². The van der Waals surface area contributed by atoms with Gasteiger partial charge in [0.1, 0.15) is 0 Å². The van der Waals surface area contributed by atoms with Gasteiger partial charge < -0.3 is 9.80 Å². The topological polar surface area (TPSA) is 36.4 Å². The van der Waals surface area contributed by atoms with E-state index in [1.54, 1.807) is 19.0 Å². The van der Waals surface area contributed by atoms with Gasteiger partial charge in [0, 0.05) is 56.6 Å². The van der Waals surface area contributed by atoms with E-state index in [0.717, 1.165) is 28.8 Å². The Balaban J connectivity index is 1.81. The third-order valence-corrected chi connectivity index (χ3v) is 3.82. The van der Waals surface area contributed by atoms with Crippen molar-refractivity contribution in [3.05, 3.63) is 65.0 Å². The first-order chi connectivity index (χ1) is 11.1. The van der Waals surface area contributed by atoms with Crippen LogP contribution in [-0.4, -0.2) is 41.5 Å². The molecule has 1 aliphatic heterocycles. The van der Waals surface area contributed by atoms with E-state index in [0.29, 0.717) is 13.1 Å². The Morgan fingerprint density at radius 3 is 2.65 bits per heavy atom.